The van der Waals surface area contributed by atoms with Crippen LogP contribution < -0.4 is 0 Å². The molecule has 1 rings (SSSR count). The van der Waals surface area contributed by atoms with Crippen molar-refractivity contribution in [3.8, 4) is 0 Å². The van der Waals surface area contributed by atoms with Crippen molar-refractivity contribution in [2.24, 2.45) is 0 Å². The molecule has 0 bridgehead atoms. The Balaban J connectivity index is 0.000000250. The van der Waals surface area contributed by atoms with Gasteiger partial charge in [-0.1, -0.05) is 0 Å². The molecule has 0 aromatic heterocycles. The molecule has 1 aliphatic rings. The molecular formula is C5H5Yb-. The average molecular weight is 238 g/mol. The van der Waals surface area contributed by atoms with E-state index >= 15 is 0 Å². The second kappa shape index (κ2) is 4.17. The summed E-state index contributed by atoms with van der Waals surface area (Å²) in [6, 6.07) is 0. The normalized spacial score (nSPS) is 14.7. The molecule has 0 saturated carbocycles. The fourth-order valence-corrected chi connectivity index (χ4v) is 0.340. The van der Waals surface area contributed by atoms with Crippen LogP contribution in [0.15, 0.2) is 18.2 Å². The summed E-state index contributed by atoms with van der Waals surface area (Å²) in [5, 5.41) is 0. The standard InChI is InChI=1S/C5H5.Yb/c1-2-4-5-3-1;/h1-3H,4H2;/q-1;. The van der Waals surface area contributed by atoms with Crippen LogP contribution in [0.1, 0.15) is 6.42 Å². The van der Waals surface area contributed by atoms with Crippen LogP contribution >= 0.6 is 0 Å². The van der Waals surface area contributed by atoms with Gasteiger partial charge in [-0.15, -0.1) is 6.42 Å². The predicted octanol–water partition coefficient (Wildman–Crippen LogP) is 1.31. The maximum atomic E-state index is 2.99. The third-order valence-corrected chi connectivity index (χ3v) is 0.586. The second-order valence-electron chi connectivity index (χ2n) is 1.00. The molecule has 0 aromatic rings. The Morgan fingerprint density at radius 3 is 2.50 bits per heavy atom. The van der Waals surface area contributed by atoms with Gasteiger partial charge < -0.3 is 0 Å². The number of allylic oxidation sites excluding steroid dienone is 4. The van der Waals surface area contributed by atoms with E-state index in [9.17, 15) is 0 Å². The molecule has 0 saturated heterocycles. The van der Waals surface area contributed by atoms with Crippen LogP contribution in [0.5, 0.6) is 0 Å². The van der Waals surface area contributed by atoms with Gasteiger partial charge >= 0.3 is 0 Å². The van der Waals surface area contributed by atoms with Gasteiger partial charge in [0.1, 0.15) is 0 Å². The third kappa shape index (κ3) is 2.22. The molecule has 0 aliphatic heterocycles. The molecule has 1 heteroatoms. The van der Waals surface area contributed by atoms with Crippen LogP contribution in [-0.2, 0) is 0 Å². The molecule has 0 heterocycles. The van der Waals surface area contributed by atoms with E-state index in [0.29, 0.717) is 0 Å². The molecule has 0 unspecified atom stereocenters. The molecule has 0 radical (unpaired) electrons. The topological polar surface area (TPSA) is 0 Å². The average Bonchev–Trinajstić information content (AvgIpc) is 1.76. The Morgan fingerprint density at radius 2 is 2.33 bits per heavy atom. The van der Waals surface area contributed by atoms with Crippen LogP contribution in [0.2, 0.25) is 0 Å². The van der Waals surface area contributed by atoms with Gasteiger partial charge in [0, 0.05) is 46.9 Å². The van der Waals surface area contributed by atoms with Crippen molar-refractivity contribution in [3.63, 3.8) is 0 Å². The Labute approximate surface area is 76.6 Å². The van der Waals surface area contributed by atoms with Crippen molar-refractivity contribution in [1.29, 1.82) is 0 Å². The first kappa shape index (κ1) is 7.00. The fourth-order valence-electron chi connectivity index (χ4n) is 0.340. The van der Waals surface area contributed by atoms with E-state index in [0.717, 1.165) is 6.42 Å². The van der Waals surface area contributed by atoms with Crippen molar-refractivity contribution in [2.45, 2.75) is 6.42 Å². The molecule has 0 amide bonds. The van der Waals surface area contributed by atoms with Gasteiger partial charge in [-0.05, 0) is 0 Å². The minimum atomic E-state index is 0. The van der Waals surface area contributed by atoms with Crippen LogP contribution in [0.4, 0.5) is 0 Å². The maximum absolute atomic E-state index is 2.99. The van der Waals surface area contributed by atoms with Gasteiger partial charge in [-0.3, -0.25) is 6.08 Å². The minimum absolute atomic E-state index is 0. The molecule has 40 valence electrons. The Hall–Kier alpha value is 0.999. The van der Waals surface area contributed by atoms with E-state index in [2.05, 4.69) is 12.2 Å². The Kier molecular flexibility index (Phi) is 4.86. The van der Waals surface area contributed by atoms with Crippen molar-refractivity contribution in [1.82, 2.24) is 0 Å². The van der Waals surface area contributed by atoms with Gasteiger partial charge in [0.2, 0.25) is 0 Å². The third-order valence-electron chi connectivity index (χ3n) is 0.586. The summed E-state index contributed by atoms with van der Waals surface area (Å²) >= 11 is 0. The van der Waals surface area contributed by atoms with E-state index in [1.165, 1.54) is 0 Å². The maximum Gasteiger partial charge on any atom is 0 e. The molecule has 0 aromatic carbocycles. The van der Waals surface area contributed by atoms with Gasteiger partial charge in [-0.2, -0.15) is 6.08 Å². The van der Waals surface area contributed by atoms with E-state index in [1.54, 1.807) is 0 Å². The molecule has 6 heavy (non-hydrogen) atoms. The molecule has 1 aliphatic carbocycles. The van der Waals surface area contributed by atoms with E-state index in [1.807, 2.05) is 12.2 Å². The summed E-state index contributed by atoms with van der Waals surface area (Å²) in [6.45, 7) is 0. The van der Waals surface area contributed by atoms with Crippen molar-refractivity contribution in [3.05, 3.63) is 24.3 Å². The summed E-state index contributed by atoms with van der Waals surface area (Å²) in [6.07, 6.45) is 10.0. The smallest absolute Gasteiger partial charge is 0 e. The van der Waals surface area contributed by atoms with E-state index in [-0.39, 0.29) is 46.9 Å². The first-order valence-electron chi connectivity index (χ1n) is 1.72. The first-order chi connectivity index (χ1) is 2.50. The number of hydrogen-bond donors (Lipinski definition) is 0. The van der Waals surface area contributed by atoms with Crippen LogP contribution in [-0.4, -0.2) is 0 Å². The van der Waals surface area contributed by atoms with E-state index < -0.39 is 0 Å². The summed E-state index contributed by atoms with van der Waals surface area (Å²) in [5.74, 6) is 0. The fraction of sp³-hybridized carbons (Fsp3) is 0.200. The largest absolute Gasteiger partial charge is 0.273 e. The summed E-state index contributed by atoms with van der Waals surface area (Å²) < 4.78 is 0. The Morgan fingerprint density at radius 1 is 1.50 bits per heavy atom. The summed E-state index contributed by atoms with van der Waals surface area (Å²) in [7, 11) is 0. The molecule has 0 fully saturated rings. The minimum Gasteiger partial charge on any atom is -0.273 e. The van der Waals surface area contributed by atoms with Gasteiger partial charge in [0.05, 0.1) is 0 Å². The quantitative estimate of drug-likeness (QED) is 0.558. The molecule has 0 spiro atoms. The number of rotatable bonds is 0. The molecule has 0 atom stereocenters. The van der Waals surface area contributed by atoms with Crippen LogP contribution in [0.3, 0.4) is 0 Å². The van der Waals surface area contributed by atoms with Gasteiger partial charge in [0.25, 0.3) is 0 Å². The van der Waals surface area contributed by atoms with Crippen molar-refractivity contribution >= 4 is 0 Å². The van der Waals surface area contributed by atoms with Gasteiger partial charge in [0.15, 0.2) is 0 Å². The zero-order chi connectivity index (χ0) is 3.54. The van der Waals surface area contributed by atoms with Crippen molar-refractivity contribution < 1.29 is 46.9 Å². The SMILES string of the molecule is [C-]1=CC=CC1.[Yb]. The zero-order valence-electron chi connectivity index (χ0n) is 3.21. The summed E-state index contributed by atoms with van der Waals surface area (Å²) in [4.78, 5) is 0. The van der Waals surface area contributed by atoms with E-state index in [4.69, 9.17) is 0 Å². The van der Waals surface area contributed by atoms with Crippen LogP contribution in [0, 0.1) is 53.0 Å². The predicted molar refractivity (Wildman–Crippen MR) is 21.6 cm³/mol. The van der Waals surface area contributed by atoms with Gasteiger partial charge in [-0.25, -0.2) is 12.2 Å². The molecule has 0 N–H and O–H groups in total. The second-order valence-corrected chi connectivity index (χ2v) is 1.00. The number of hydrogen-bond acceptors (Lipinski definition) is 0. The first-order valence-corrected chi connectivity index (χ1v) is 1.72. The van der Waals surface area contributed by atoms with Crippen LogP contribution in [0.25, 0.3) is 0 Å². The monoisotopic (exact) mass is 239 g/mol. The Bertz CT molecular complexity index is 62.0. The molecular weight excluding hydrogens is 233 g/mol. The summed E-state index contributed by atoms with van der Waals surface area (Å²) in [5.41, 5.74) is 0. The van der Waals surface area contributed by atoms with Crippen molar-refractivity contribution in [2.75, 3.05) is 0 Å². The molecule has 0 nitrogen and oxygen atoms in total. The zero-order valence-corrected chi connectivity index (χ0v) is 4.92.